The van der Waals surface area contributed by atoms with E-state index in [0.29, 0.717) is 25.1 Å². The summed E-state index contributed by atoms with van der Waals surface area (Å²) in [6.07, 6.45) is -3.87. The van der Waals surface area contributed by atoms with E-state index in [9.17, 15) is 30.7 Å². The van der Waals surface area contributed by atoms with Gasteiger partial charge in [-0.15, -0.1) is 13.2 Å². The van der Waals surface area contributed by atoms with Crippen LogP contribution in [0.15, 0.2) is 54.5 Å². The maximum atomic E-state index is 14.1. The van der Waals surface area contributed by atoms with Gasteiger partial charge in [-0.3, -0.25) is 4.98 Å². The molecule has 0 amide bonds. The molecule has 0 atom stereocenters. The third kappa shape index (κ3) is 5.89. The predicted molar refractivity (Wildman–Crippen MR) is 99.1 cm³/mol. The van der Waals surface area contributed by atoms with E-state index in [1.165, 1.54) is 17.2 Å². The molecule has 1 aliphatic heterocycles. The van der Waals surface area contributed by atoms with Crippen molar-refractivity contribution in [1.82, 2.24) is 4.98 Å². The number of pyridine rings is 1. The van der Waals surface area contributed by atoms with Crippen LogP contribution in [0.1, 0.15) is 24.0 Å². The highest BCUT2D eigenvalue weighted by atomic mass is 19.4. The zero-order valence-electron chi connectivity index (χ0n) is 15.8. The third-order valence-corrected chi connectivity index (χ3v) is 4.32. The molecular formula is C20H16F7N3O. The lowest BCUT2D eigenvalue weighted by Crippen LogP contribution is -2.25. The fraction of sp³-hybridized carbons (Fsp3) is 0.250. The molecule has 0 saturated heterocycles. The molecule has 31 heavy (non-hydrogen) atoms. The van der Waals surface area contributed by atoms with Crippen molar-refractivity contribution in [3.63, 3.8) is 0 Å². The number of hydrogen-bond donors (Lipinski definition) is 1. The summed E-state index contributed by atoms with van der Waals surface area (Å²) in [5, 5.41) is 0. The number of nitrogens with zero attached hydrogens (tertiary/aromatic N) is 2. The molecule has 166 valence electrons. The Morgan fingerprint density at radius 3 is 2.42 bits per heavy atom. The number of anilines is 1. The second-order valence-corrected chi connectivity index (χ2v) is 6.68. The van der Waals surface area contributed by atoms with Gasteiger partial charge in [0.15, 0.2) is 0 Å². The topological polar surface area (TPSA) is 51.4 Å². The maximum absolute atomic E-state index is 14.1. The lowest BCUT2D eigenvalue weighted by atomic mass is 10.0. The van der Waals surface area contributed by atoms with Crippen LogP contribution in [-0.2, 0) is 6.18 Å². The maximum Gasteiger partial charge on any atom is 0.573 e. The second-order valence-electron chi connectivity index (χ2n) is 6.68. The molecule has 3 rings (SSSR count). The van der Waals surface area contributed by atoms with E-state index in [4.69, 9.17) is 5.73 Å². The molecule has 0 unspecified atom stereocenters. The van der Waals surface area contributed by atoms with Crippen LogP contribution in [0, 0.1) is 5.82 Å². The first-order valence-corrected chi connectivity index (χ1v) is 8.96. The molecule has 1 aliphatic rings. The number of nitrogens with two attached hydrogens (primary N) is 1. The van der Waals surface area contributed by atoms with Crippen LogP contribution in [0.5, 0.6) is 5.75 Å². The molecule has 0 spiro atoms. The van der Waals surface area contributed by atoms with E-state index in [0.717, 1.165) is 18.2 Å². The standard InChI is InChI=1S/C20H16F7N3O/c21-14-5-12(6-17(8-14)31-20(25,26)27)18-9-15(28)3-1-2-4-30(18)16-7-13(10-29-11-16)19(22,23)24/h3,5-11H,1-2,4,28H2/b15-3-,18-9-. The number of halogens is 7. The summed E-state index contributed by atoms with van der Waals surface area (Å²) in [4.78, 5) is 5.03. The SMILES string of the molecule is NC1=C\CCCN(c2cncc(C(F)(F)F)c2)/C(c2cc(F)cc(OC(F)(F)F)c2)=C\1. The molecule has 1 aromatic heterocycles. The zero-order valence-corrected chi connectivity index (χ0v) is 15.8. The fourth-order valence-corrected chi connectivity index (χ4v) is 3.07. The van der Waals surface area contributed by atoms with Crippen molar-refractivity contribution in [2.75, 3.05) is 11.4 Å². The fourth-order valence-electron chi connectivity index (χ4n) is 3.07. The molecule has 11 heteroatoms. The molecule has 2 aromatic rings. The molecule has 0 bridgehead atoms. The molecular weight excluding hydrogens is 431 g/mol. The van der Waals surface area contributed by atoms with Crippen LogP contribution in [0.25, 0.3) is 5.70 Å². The summed E-state index contributed by atoms with van der Waals surface area (Å²) in [6, 6.07) is 3.29. The van der Waals surface area contributed by atoms with Gasteiger partial charge in [0.1, 0.15) is 11.6 Å². The van der Waals surface area contributed by atoms with Crippen LogP contribution in [-0.4, -0.2) is 17.9 Å². The van der Waals surface area contributed by atoms with E-state index in [2.05, 4.69) is 9.72 Å². The smallest absolute Gasteiger partial charge is 0.406 e. The summed E-state index contributed by atoms with van der Waals surface area (Å²) in [5.41, 5.74) is 5.19. The highest BCUT2D eigenvalue weighted by Gasteiger charge is 2.33. The summed E-state index contributed by atoms with van der Waals surface area (Å²) < 4.78 is 95.2. The van der Waals surface area contributed by atoms with E-state index < -0.39 is 29.7 Å². The molecule has 1 aromatic carbocycles. The van der Waals surface area contributed by atoms with Crippen molar-refractivity contribution in [2.24, 2.45) is 5.73 Å². The van der Waals surface area contributed by atoms with Gasteiger partial charge in [-0.25, -0.2) is 4.39 Å². The largest absolute Gasteiger partial charge is 0.573 e. The van der Waals surface area contributed by atoms with E-state index >= 15 is 0 Å². The summed E-state index contributed by atoms with van der Waals surface area (Å²) in [7, 11) is 0. The van der Waals surface area contributed by atoms with E-state index in [1.54, 1.807) is 6.08 Å². The minimum Gasteiger partial charge on any atom is -0.406 e. The molecule has 4 nitrogen and oxygen atoms in total. The van der Waals surface area contributed by atoms with Crippen molar-refractivity contribution in [2.45, 2.75) is 25.4 Å². The lowest BCUT2D eigenvalue weighted by Gasteiger charge is -2.29. The molecule has 0 radical (unpaired) electrons. The van der Waals surface area contributed by atoms with Gasteiger partial charge in [0.2, 0.25) is 0 Å². The molecule has 2 heterocycles. The zero-order chi connectivity index (χ0) is 22.8. The highest BCUT2D eigenvalue weighted by Crippen LogP contribution is 2.35. The van der Waals surface area contributed by atoms with Crippen molar-refractivity contribution in [1.29, 1.82) is 0 Å². The summed E-state index contributed by atoms with van der Waals surface area (Å²) in [5.74, 6) is -1.83. The minimum atomic E-state index is -5.05. The number of benzene rings is 1. The normalized spacial score (nSPS) is 19.0. The number of ether oxygens (including phenoxy) is 1. The van der Waals surface area contributed by atoms with Gasteiger partial charge in [-0.2, -0.15) is 13.2 Å². The van der Waals surface area contributed by atoms with Gasteiger partial charge in [0.05, 0.1) is 23.1 Å². The highest BCUT2D eigenvalue weighted by molar-refractivity contribution is 5.81. The Labute approximate surface area is 172 Å². The molecule has 0 saturated carbocycles. The quantitative estimate of drug-likeness (QED) is 0.621. The van der Waals surface area contributed by atoms with Crippen molar-refractivity contribution < 1.29 is 35.5 Å². The van der Waals surface area contributed by atoms with Crippen LogP contribution in [0.4, 0.5) is 36.4 Å². The average Bonchev–Trinajstić information content (AvgIpc) is 2.62. The van der Waals surface area contributed by atoms with Crippen molar-refractivity contribution >= 4 is 11.4 Å². The lowest BCUT2D eigenvalue weighted by molar-refractivity contribution is -0.274. The van der Waals surface area contributed by atoms with E-state index in [-0.39, 0.29) is 29.2 Å². The first-order valence-electron chi connectivity index (χ1n) is 8.96. The Hall–Kier alpha value is -3.24. The molecule has 2 N–H and O–H groups in total. The Balaban J connectivity index is 2.13. The Kier molecular flexibility index (Phi) is 6.14. The van der Waals surface area contributed by atoms with Gasteiger partial charge in [0, 0.05) is 30.1 Å². The minimum absolute atomic E-state index is 0.0262. The molecule has 0 aliphatic carbocycles. The summed E-state index contributed by atoms with van der Waals surface area (Å²) >= 11 is 0. The Morgan fingerprint density at radius 2 is 1.74 bits per heavy atom. The first-order chi connectivity index (χ1) is 14.4. The first kappa shape index (κ1) is 22.4. The van der Waals surface area contributed by atoms with Crippen LogP contribution in [0.3, 0.4) is 0 Å². The third-order valence-electron chi connectivity index (χ3n) is 4.32. The molecule has 0 fully saturated rings. The average molecular weight is 447 g/mol. The van der Waals surface area contributed by atoms with Gasteiger partial charge >= 0.3 is 12.5 Å². The van der Waals surface area contributed by atoms with Gasteiger partial charge in [-0.1, -0.05) is 6.08 Å². The van der Waals surface area contributed by atoms with Crippen LogP contribution >= 0.6 is 0 Å². The number of allylic oxidation sites excluding steroid dienone is 2. The van der Waals surface area contributed by atoms with Gasteiger partial charge in [-0.05, 0) is 37.1 Å². The predicted octanol–water partition coefficient (Wildman–Crippen LogP) is 5.62. The monoisotopic (exact) mass is 447 g/mol. The van der Waals surface area contributed by atoms with Crippen molar-refractivity contribution in [3.05, 3.63) is 71.5 Å². The van der Waals surface area contributed by atoms with E-state index in [1.807, 2.05) is 0 Å². The van der Waals surface area contributed by atoms with Gasteiger partial charge < -0.3 is 15.4 Å². The second kappa shape index (κ2) is 8.48. The van der Waals surface area contributed by atoms with Crippen LogP contribution in [0.2, 0.25) is 0 Å². The van der Waals surface area contributed by atoms with Crippen molar-refractivity contribution in [3.8, 4) is 5.75 Å². The Bertz CT molecular complexity index is 1010. The van der Waals surface area contributed by atoms with Gasteiger partial charge in [0.25, 0.3) is 0 Å². The number of aromatic nitrogens is 1. The van der Waals surface area contributed by atoms with Crippen LogP contribution < -0.4 is 15.4 Å². The summed E-state index contributed by atoms with van der Waals surface area (Å²) in [6.45, 7) is 0.185. The number of rotatable bonds is 3. The number of hydrogen-bond acceptors (Lipinski definition) is 4. The number of alkyl halides is 6. The Morgan fingerprint density at radius 1 is 1.00 bits per heavy atom.